The van der Waals surface area contributed by atoms with Gasteiger partial charge in [-0.2, -0.15) is 0 Å². The summed E-state index contributed by atoms with van der Waals surface area (Å²) in [4.78, 5) is 11.6. The topological polar surface area (TPSA) is 50.4 Å². The Morgan fingerprint density at radius 1 is 1.86 bits per heavy atom. The normalized spacial score (nSPS) is 8.14. The Kier molecular flexibility index (Phi) is 5.53. The van der Waals surface area contributed by atoms with Crippen molar-refractivity contribution in [3.05, 3.63) is 0 Å². The zero-order valence-corrected chi connectivity index (χ0v) is 4.44. The van der Waals surface area contributed by atoms with Crippen molar-refractivity contribution in [3.8, 4) is 0 Å². The molecule has 2 N–H and O–H groups in total. The molecule has 0 rings (SSSR count). The van der Waals surface area contributed by atoms with Gasteiger partial charge in [-0.1, -0.05) is 12.8 Å². The molecular weight excluding hydrogens is 116 g/mol. The quantitative estimate of drug-likeness (QED) is 0.148. The minimum absolute atomic E-state index is 0.132. The van der Waals surface area contributed by atoms with Crippen LogP contribution in [0.4, 0.5) is 0 Å². The second kappa shape index (κ2) is 5.74. The number of carbonyl (C=O) groups is 1. The number of nitrogens with one attached hydrogen (secondary N) is 2. The maximum absolute atomic E-state index is 9.36. The van der Waals surface area contributed by atoms with Gasteiger partial charge in [-0.15, -0.1) is 0 Å². The summed E-state index contributed by atoms with van der Waals surface area (Å²) >= 11 is 3.54. The van der Waals surface area contributed by atoms with Gasteiger partial charge in [-0.05, 0) is 0 Å². The number of hydrogen-bond donors (Lipinski definition) is 3. The molecule has 0 aliphatic rings. The SMILES string of the molecule is O=COCNNS. The van der Waals surface area contributed by atoms with Crippen molar-refractivity contribution >= 4 is 19.3 Å². The molecular formula is C2H6N2O2S. The van der Waals surface area contributed by atoms with Crippen molar-refractivity contribution in [2.75, 3.05) is 6.73 Å². The molecule has 0 fully saturated rings. The Hall–Kier alpha value is -0.260. The molecule has 0 heterocycles. The standard InChI is InChI=1S/C2H6N2O2S/c5-2-6-1-3-4-7/h2-4,7H,1H2. The molecule has 0 spiro atoms. The van der Waals surface area contributed by atoms with Crippen LogP contribution in [-0.4, -0.2) is 13.2 Å². The summed E-state index contributed by atoms with van der Waals surface area (Å²) in [6.07, 6.45) is 0. The van der Waals surface area contributed by atoms with Crippen molar-refractivity contribution in [2.24, 2.45) is 0 Å². The van der Waals surface area contributed by atoms with Crippen molar-refractivity contribution in [1.29, 1.82) is 0 Å². The van der Waals surface area contributed by atoms with E-state index < -0.39 is 0 Å². The van der Waals surface area contributed by atoms with Gasteiger partial charge >= 0.3 is 0 Å². The summed E-state index contributed by atoms with van der Waals surface area (Å²) in [6.45, 7) is 0.477. The van der Waals surface area contributed by atoms with Gasteiger partial charge in [-0.25, -0.2) is 10.3 Å². The molecule has 42 valence electrons. The second-order valence-electron chi connectivity index (χ2n) is 0.696. The highest BCUT2D eigenvalue weighted by Gasteiger charge is 1.73. The molecule has 0 aromatic carbocycles. The summed E-state index contributed by atoms with van der Waals surface area (Å²) in [5.74, 6) is 0. The molecule has 0 saturated carbocycles. The average molecular weight is 122 g/mol. The number of rotatable bonds is 4. The van der Waals surface area contributed by atoms with Crippen LogP contribution in [0.15, 0.2) is 0 Å². The second-order valence-corrected chi connectivity index (χ2v) is 0.919. The number of hydrazine groups is 1. The zero-order chi connectivity index (χ0) is 5.54. The lowest BCUT2D eigenvalue weighted by Gasteiger charge is -1.95. The smallest absolute Gasteiger partial charge is 0.294 e. The van der Waals surface area contributed by atoms with Gasteiger partial charge in [0.05, 0.1) is 0 Å². The summed E-state index contributed by atoms with van der Waals surface area (Å²) in [7, 11) is 0. The molecule has 0 aliphatic carbocycles. The van der Waals surface area contributed by atoms with E-state index in [1.165, 1.54) is 0 Å². The molecule has 0 aromatic rings. The number of hydrogen-bond acceptors (Lipinski definition) is 5. The number of ether oxygens (including phenoxy) is 1. The molecule has 0 saturated heterocycles. The Bertz CT molecular complexity index is 51.0. The number of carbonyl (C=O) groups excluding carboxylic acids is 1. The van der Waals surface area contributed by atoms with Crippen molar-refractivity contribution in [1.82, 2.24) is 10.3 Å². The van der Waals surface area contributed by atoms with Gasteiger partial charge in [0.2, 0.25) is 0 Å². The third-order valence-corrected chi connectivity index (χ3v) is 0.461. The summed E-state index contributed by atoms with van der Waals surface area (Å²) in [5.41, 5.74) is 2.41. The first-order valence-corrected chi connectivity index (χ1v) is 2.03. The van der Waals surface area contributed by atoms with E-state index in [-0.39, 0.29) is 6.73 Å². The van der Waals surface area contributed by atoms with Crippen LogP contribution in [0.5, 0.6) is 0 Å². The molecule has 0 radical (unpaired) electrons. The fourth-order valence-electron chi connectivity index (χ4n) is 0.108. The molecule has 0 aliphatic heterocycles. The molecule has 4 nitrogen and oxygen atoms in total. The van der Waals surface area contributed by atoms with Crippen LogP contribution in [0.2, 0.25) is 0 Å². The highest BCUT2D eigenvalue weighted by Crippen LogP contribution is 1.55. The first kappa shape index (κ1) is 6.74. The van der Waals surface area contributed by atoms with E-state index >= 15 is 0 Å². The molecule has 0 atom stereocenters. The van der Waals surface area contributed by atoms with Gasteiger partial charge in [0.25, 0.3) is 6.47 Å². The van der Waals surface area contributed by atoms with E-state index in [0.29, 0.717) is 6.47 Å². The van der Waals surface area contributed by atoms with Gasteiger partial charge in [-0.3, -0.25) is 4.79 Å². The maximum Gasteiger partial charge on any atom is 0.294 e. The lowest BCUT2D eigenvalue weighted by Crippen LogP contribution is -2.25. The predicted octanol–water partition coefficient (Wildman–Crippen LogP) is -0.944. The van der Waals surface area contributed by atoms with Crippen LogP contribution in [0.3, 0.4) is 0 Å². The van der Waals surface area contributed by atoms with E-state index in [0.717, 1.165) is 0 Å². The van der Waals surface area contributed by atoms with Crippen LogP contribution in [-0.2, 0) is 9.53 Å². The van der Waals surface area contributed by atoms with Crippen LogP contribution < -0.4 is 10.3 Å². The predicted molar refractivity (Wildman–Crippen MR) is 27.3 cm³/mol. The Morgan fingerprint density at radius 2 is 2.57 bits per heavy atom. The van der Waals surface area contributed by atoms with E-state index in [1.54, 1.807) is 0 Å². The number of thiol groups is 1. The highest BCUT2D eigenvalue weighted by atomic mass is 32.1. The first-order chi connectivity index (χ1) is 3.41. The molecule has 0 unspecified atom stereocenters. The summed E-state index contributed by atoms with van der Waals surface area (Å²) < 4.78 is 4.17. The molecule has 0 amide bonds. The minimum atomic E-state index is 0.132. The van der Waals surface area contributed by atoms with Crippen molar-refractivity contribution in [3.63, 3.8) is 0 Å². The Morgan fingerprint density at radius 3 is 3.00 bits per heavy atom. The summed E-state index contributed by atoms with van der Waals surface area (Å²) in [5, 5.41) is 0. The fraction of sp³-hybridized carbons (Fsp3) is 0.500. The minimum Gasteiger partial charge on any atom is -0.451 e. The van der Waals surface area contributed by atoms with Gasteiger partial charge in [0.1, 0.15) is 0 Å². The van der Waals surface area contributed by atoms with E-state index in [1.807, 2.05) is 0 Å². The van der Waals surface area contributed by atoms with E-state index in [4.69, 9.17) is 0 Å². The van der Waals surface area contributed by atoms with Crippen LogP contribution in [0.1, 0.15) is 0 Å². The Labute approximate surface area is 46.7 Å². The monoisotopic (exact) mass is 122 g/mol. The third kappa shape index (κ3) is 5.74. The van der Waals surface area contributed by atoms with E-state index in [9.17, 15) is 4.79 Å². The van der Waals surface area contributed by atoms with Crippen molar-refractivity contribution < 1.29 is 9.53 Å². The van der Waals surface area contributed by atoms with Crippen LogP contribution in [0.25, 0.3) is 0 Å². The van der Waals surface area contributed by atoms with Crippen LogP contribution in [0, 0.1) is 0 Å². The average Bonchev–Trinajstić information content (AvgIpc) is 1.69. The van der Waals surface area contributed by atoms with Crippen molar-refractivity contribution in [2.45, 2.75) is 0 Å². The zero-order valence-electron chi connectivity index (χ0n) is 3.55. The van der Waals surface area contributed by atoms with Crippen LogP contribution >= 0.6 is 12.8 Å². The molecule has 0 bridgehead atoms. The molecule has 7 heavy (non-hydrogen) atoms. The fourth-order valence-corrected chi connectivity index (χ4v) is 0.173. The third-order valence-electron chi connectivity index (χ3n) is 0.303. The maximum atomic E-state index is 9.36. The highest BCUT2D eigenvalue weighted by molar-refractivity contribution is 7.78. The summed E-state index contributed by atoms with van der Waals surface area (Å²) in [6, 6.07) is 0. The largest absolute Gasteiger partial charge is 0.451 e. The Balaban J connectivity index is 2.56. The molecule has 5 heteroatoms. The van der Waals surface area contributed by atoms with Gasteiger partial charge in [0, 0.05) is 0 Å². The lowest BCUT2D eigenvalue weighted by atomic mass is 11.3. The lowest BCUT2D eigenvalue weighted by molar-refractivity contribution is -0.129. The first-order valence-electron chi connectivity index (χ1n) is 1.59. The molecule has 0 aromatic heterocycles. The van der Waals surface area contributed by atoms with Gasteiger partial charge < -0.3 is 4.74 Å². The van der Waals surface area contributed by atoms with E-state index in [2.05, 4.69) is 27.8 Å². The van der Waals surface area contributed by atoms with Gasteiger partial charge in [0.15, 0.2) is 6.73 Å².